The highest BCUT2D eigenvalue weighted by Gasteiger charge is 2.30. The summed E-state index contributed by atoms with van der Waals surface area (Å²) in [5.41, 5.74) is 7.11. The first kappa shape index (κ1) is 22.3. The summed E-state index contributed by atoms with van der Waals surface area (Å²) in [4.78, 5) is 12.3. The van der Waals surface area contributed by atoms with Crippen molar-refractivity contribution >= 4 is 34.0 Å². The SMILES string of the molecule is Cn1ncc(-c2cc(Cl)c3c(=O)[nH]nc(CN)c3c2)c1-c1c(F)c(Cl)cc(OC2CC2)c1C#N. The number of nitrogens with one attached hydrogen (secondary N) is 1. The Hall–Kier alpha value is -3.45. The number of fused-ring (bicyclic) bond motifs is 1. The summed E-state index contributed by atoms with van der Waals surface area (Å²) in [6.07, 6.45) is 3.22. The summed E-state index contributed by atoms with van der Waals surface area (Å²) in [6.45, 7) is 0.0658. The van der Waals surface area contributed by atoms with Gasteiger partial charge in [0.1, 0.15) is 17.4 Å². The van der Waals surface area contributed by atoms with Gasteiger partial charge in [0.25, 0.3) is 5.56 Å². The van der Waals surface area contributed by atoms with E-state index >= 15 is 4.39 Å². The molecule has 0 bridgehead atoms. The third-order valence-electron chi connectivity index (χ3n) is 5.71. The second-order valence-corrected chi connectivity index (χ2v) is 8.78. The second kappa shape index (κ2) is 8.40. The summed E-state index contributed by atoms with van der Waals surface area (Å²) >= 11 is 12.7. The minimum Gasteiger partial charge on any atom is -0.489 e. The molecule has 1 aliphatic carbocycles. The van der Waals surface area contributed by atoms with Crippen molar-refractivity contribution in [2.45, 2.75) is 25.5 Å². The molecule has 11 heteroatoms. The standard InChI is InChI=1S/C23H17Cl2FN6O2/c1-32-22(20-13(7-27)18(34-11-2-3-11)6-16(25)21(20)26)14(9-29-32)10-4-12-17(8-28)30-31-23(33)19(12)15(24)5-10/h4-6,9,11H,2-3,8,28H2,1H3,(H,31,33). The number of rotatable bonds is 5. The minimum atomic E-state index is -0.765. The molecule has 34 heavy (non-hydrogen) atoms. The van der Waals surface area contributed by atoms with Crippen molar-refractivity contribution in [3.8, 4) is 34.2 Å². The molecule has 0 radical (unpaired) electrons. The average Bonchev–Trinajstić information content (AvgIpc) is 3.55. The fourth-order valence-corrected chi connectivity index (χ4v) is 4.45. The van der Waals surface area contributed by atoms with Crippen LogP contribution in [-0.2, 0) is 13.6 Å². The van der Waals surface area contributed by atoms with Crippen LogP contribution < -0.4 is 16.0 Å². The van der Waals surface area contributed by atoms with Crippen molar-refractivity contribution in [3.63, 3.8) is 0 Å². The van der Waals surface area contributed by atoms with Crippen LogP contribution in [0.4, 0.5) is 4.39 Å². The zero-order valence-electron chi connectivity index (χ0n) is 17.8. The first-order chi connectivity index (χ1) is 16.3. The Kier molecular flexibility index (Phi) is 5.52. The lowest BCUT2D eigenvalue weighted by atomic mass is 9.95. The quantitative estimate of drug-likeness (QED) is 0.422. The molecule has 1 saturated carbocycles. The zero-order chi connectivity index (χ0) is 24.1. The predicted octanol–water partition coefficient (Wildman–Crippen LogP) is 4.31. The van der Waals surface area contributed by atoms with Gasteiger partial charge in [-0.15, -0.1) is 0 Å². The number of hydrogen-bond acceptors (Lipinski definition) is 6. The molecule has 2 aromatic carbocycles. The maximum Gasteiger partial charge on any atom is 0.273 e. The van der Waals surface area contributed by atoms with E-state index < -0.39 is 11.4 Å². The zero-order valence-corrected chi connectivity index (χ0v) is 19.3. The van der Waals surface area contributed by atoms with E-state index in [0.29, 0.717) is 27.9 Å². The maximum atomic E-state index is 15.4. The van der Waals surface area contributed by atoms with Gasteiger partial charge >= 0.3 is 0 Å². The topological polar surface area (TPSA) is 123 Å². The van der Waals surface area contributed by atoms with E-state index in [9.17, 15) is 10.1 Å². The Morgan fingerprint density at radius 2 is 2.09 bits per heavy atom. The number of aromatic nitrogens is 4. The summed E-state index contributed by atoms with van der Waals surface area (Å²) in [5, 5.41) is 21.3. The van der Waals surface area contributed by atoms with Gasteiger partial charge in [-0.1, -0.05) is 23.2 Å². The van der Waals surface area contributed by atoms with Crippen LogP contribution in [0.15, 0.2) is 29.2 Å². The van der Waals surface area contributed by atoms with Gasteiger partial charge < -0.3 is 10.5 Å². The van der Waals surface area contributed by atoms with Gasteiger partial charge in [0, 0.05) is 30.6 Å². The van der Waals surface area contributed by atoms with Crippen LogP contribution >= 0.6 is 23.2 Å². The molecular weight excluding hydrogens is 482 g/mol. The van der Waals surface area contributed by atoms with Gasteiger partial charge in [0.05, 0.1) is 44.7 Å². The van der Waals surface area contributed by atoms with Crippen LogP contribution in [0.1, 0.15) is 24.1 Å². The van der Waals surface area contributed by atoms with Crippen molar-refractivity contribution in [2.24, 2.45) is 12.8 Å². The molecule has 0 unspecified atom stereocenters. The van der Waals surface area contributed by atoms with E-state index in [1.807, 2.05) is 0 Å². The molecule has 0 spiro atoms. The number of hydrogen-bond donors (Lipinski definition) is 2. The normalized spacial score (nSPS) is 13.3. The highest BCUT2D eigenvalue weighted by molar-refractivity contribution is 6.36. The van der Waals surface area contributed by atoms with E-state index in [0.717, 1.165) is 12.8 Å². The number of nitriles is 1. The second-order valence-electron chi connectivity index (χ2n) is 7.96. The largest absolute Gasteiger partial charge is 0.489 e. The molecule has 172 valence electrons. The van der Waals surface area contributed by atoms with Crippen molar-refractivity contribution in [1.82, 2.24) is 20.0 Å². The first-order valence-corrected chi connectivity index (χ1v) is 11.1. The Balaban J connectivity index is 1.79. The molecule has 8 nitrogen and oxygen atoms in total. The van der Waals surface area contributed by atoms with Crippen LogP contribution in [0.3, 0.4) is 0 Å². The Labute approximate surface area is 202 Å². The smallest absolute Gasteiger partial charge is 0.273 e. The Bertz CT molecular complexity index is 1570. The summed E-state index contributed by atoms with van der Waals surface area (Å²) in [7, 11) is 1.63. The third kappa shape index (κ3) is 3.60. The van der Waals surface area contributed by atoms with Gasteiger partial charge in [-0.3, -0.25) is 9.48 Å². The van der Waals surface area contributed by atoms with Crippen LogP contribution in [0.25, 0.3) is 33.2 Å². The fraction of sp³-hybridized carbons (Fsp3) is 0.217. The number of aryl methyl sites for hydroxylation is 1. The fourth-order valence-electron chi connectivity index (χ4n) is 3.95. The average molecular weight is 499 g/mol. The van der Waals surface area contributed by atoms with Gasteiger partial charge in [-0.05, 0) is 30.5 Å². The third-order valence-corrected chi connectivity index (χ3v) is 6.29. The van der Waals surface area contributed by atoms with E-state index in [1.165, 1.54) is 16.9 Å². The maximum absolute atomic E-state index is 15.4. The molecule has 4 aromatic rings. The van der Waals surface area contributed by atoms with Crippen LogP contribution in [0.2, 0.25) is 10.0 Å². The monoisotopic (exact) mass is 498 g/mol. The van der Waals surface area contributed by atoms with E-state index in [1.54, 1.807) is 19.2 Å². The Morgan fingerprint density at radius 3 is 2.76 bits per heavy atom. The number of H-pyrrole nitrogens is 1. The highest BCUT2D eigenvalue weighted by Crippen LogP contribution is 2.43. The van der Waals surface area contributed by atoms with Crippen molar-refractivity contribution < 1.29 is 9.13 Å². The summed E-state index contributed by atoms with van der Waals surface area (Å²) < 4.78 is 22.7. The highest BCUT2D eigenvalue weighted by atomic mass is 35.5. The number of halogens is 3. The number of aromatic amines is 1. The Morgan fingerprint density at radius 1 is 1.32 bits per heavy atom. The molecule has 0 aliphatic heterocycles. The van der Waals surface area contributed by atoms with Crippen LogP contribution in [0.5, 0.6) is 5.75 Å². The minimum absolute atomic E-state index is 0.0197. The molecular formula is C23H17Cl2FN6O2. The number of nitrogens with zero attached hydrogens (tertiary/aromatic N) is 4. The molecule has 0 atom stereocenters. The van der Waals surface area contributed by atoms with Gasteiger partial charge in [-0.2, -0.15) is 15.5 Å². The molecule has 2 aromatic heterocycles. The summed E-state index contributed by atoms with van der Waals surface area (Å²) in [5.74, 6) is -0.546. The first-order valence-electron chi connectivity index (χ1n) is 10.4. The predicted molar refractivity (Wildman–Crippen MR) is 126 cm³/mol. The molecule has 1 fully saturated rings. The van der Waals surface area contributed by atoms with Crippen LogP contribution in [0, 0.1) is 17.1 Å². The molecule has 0 amide bonds. The van der Waals surface area contributed by atoms with E-state index in [2.05, 4.69) is 21.4 Å². The molecule has 5 rings (SSSR count). The van der Waals surface area contributed by atoms with Gasteiger partial charge in [0.15, 0.2) is 5.82 Å². The van der Waals surface area contributed by atoms with E-state index in [-0.39, 0.29) is 45.0 Å². The molecule has 3 N–H and O–H groups in total. The lowest BCUT2D eigenvalue weighted by Gasteiger charge is -2.15. The van der Waals surface area contributed by atoms with Crippen LogP contribution in [-0.4, -0.2) is 26.1 Å². The van der Waals surface area contributed by atoms with Crippen molar-refractivity contribution in [2.75, 3.05) is 0 Å². The van der Waals surface area contributed by atoms with Gasteiger partial charge in [0.2, 0.25) is 0 Å². The number of ether oxygens (including phenoxy) is 1. The lowest BCUT2D eigenvalue weighted by Crippen LogP contribution is -2.13. The lowest BCUT2D eigenvalue weighted by molar-refractivity contribution is 0.302. The number of nitrogens with two attached hydrogens (primary N) is 1. The van der Waals surface area contributed by atoms with E-state index in [4.69, 9.17) is 33.7 Å². The summed E-state index contributed by atoms with van der Waals surface area (Å²) in [6, 6.07) is 6.66. The van der Waals surface area contributed by atoms with Gasteiger partial charge in [-0.25, -0.2) is 9.49 Å². The molecule has 2 heterocycles. The van der Waals surface area contributed by atoms with Crippen molar-refractivity contribution in [1.29, 1.82) is 5.26 Å². The molecule has 0 saturated heterocycles. The van der Waals surface area contributed by atoms with Crippen molar-refractivity contribution in [3.05, 3.63) is 61.9 Å². The molecule has 1 aliphatic rings. The number of benzene rings is 2.